The van der Waals surface area contributed by atoms with Crippen LogP contribution in [0.4, 0.5) is 5.69 Å². The third kappa shape index (κ3) is 7.33. The number of benzene rings is 4. The summed E-state index contributed by atoms with van der Waals surface area (Å²) in [5.41, 5.74) is 12.1. The molecule has 1 aliphatic rings. The van der Waals surface area contributed by atoms with E-state index in [1.165, 1.54) is 5.56 Å². The molecule has 4 aromatic carbocycles. The Morgan fingerprint density at radius 2 is 1.26 bits per heavy atom. The van der Waals surface area contributed by atoms with Crippen molar-refractivity contribution in [3.05, 3.63) is 95.1 Å². The molecule has 1 aliphatic heterocycles. The number of aromatic amines is 1. The van der Waals surface area contributed by atoms with Gasteiger partial charge in [-0.1, -0.05) is 18.2 Å². The highest BCUT2D eigenvalue weighted by atomic mass is 16.5. The zero-order valence-electron chi connectivity index (χ0n) is 28.0. The van der Waals surface area contributed by atoms with Crippen LogP contribution in [0.1, 0.15) is 35.1 Å². The van der Waals surface area contributed by atoms with Crippen LogP contribution in [0.25, 0.3) is 33.5 Å². The maximum absolute atomic E-state index is 6.04. The number of imidazole rings is 1. The summed E-state index contributed by atoms with van der Waals surface area (Å²) in [6, 6.07) is 25.7. The number of aliphatic imine (C=N–C) groups is 1. The number of hydrogen-bond donors (Lipinski definition) is 1. The average molecular weight is 616 g/mol. The highest BCUT2D eigenvalue weighted by molar-refractivity contribution is 6.07. The second-order valence-corrected chi connectivity index (χ2v) is 12.9. The highest BCUT2D eigenvalue weighted by Gasteiger charge is 2.18. The summed E-state index contributed by atoms with van der Waals surface area (Å²) < 4.78 is 12.1. The van der Waals surface area contributed by atoms with Gasteiger partial charge in [-0.25, -0.2) is 4.98 Å². The van der Waals surface area contributed by atoms with E-state index in [1.807, 2.05) is 0 Å². The van der Waals surface area contributed by atoms with Crippen molar-refractivity contribution in [2.75, 3.05) is 54.5 Å². The molecule has 7 nitrogen and oxygen atoms in total. The molecular formula is C39H45N5O2. The van der Waals surface area contributed by atoms with E-state index < -0.39 is 0 Å². The number of fused-ring (bicyclic) bond motifs is 2. The predicted molar refractivity (Wildman–Crippen MR) is 190 cm³/mol. The average Bonchev–Trinajstić information content (AvgIpc) is 3.66. The predicted octanol–water partition coefficient (Wildman–Crippen LogP) is 7.85. The number of aromatic nitrogens is 2. The topological polar surface area (TPSA) is 66.0 Å². The largest absolute Gasteiger partial charge is 0.493 e. The number of rotatable bonds is 13. The fraction of sp³-hybridized carbons (Fsp3) is 0.333. The smallest absolute Gasteiger partial charge is 0.138 e. The summed E-state index contributed by atoms with van der Waals surface area (Å²) in [5, 5.41) is 0. The molecule has 0 fully saturated rings. The minimum Gasteiger partial charge on any atom is -0.493 e. The molecule has 0 saturated carbocycles. The van der Waals surface area contributed by atoms with Crippen LogP contribution in [0, 0.1) is 13.8 Å². The molecule has 0 radical (unpaired) electrons. The van der Waals surface area contributed by atoms with Crippen LogP contribution in [-0.2, 0) is 6.42 Å². The summed E-state index contributed by atoms with van der Waals surface area (Å²) >= 11 is 0. The van der Waals surface area contributed by atoms with E-state index in [0.717, 1.165) is 112 Å². The first-order valence-electron chi connectivity index (χ1n) is 16.2. The van der Waals surface area contributed by atoms with Crippen molar-refractivity contribution in [2.45, 2.75) is 33.1 Å². The molecule has 46 heavy (non-hydrogen) atoms. The summed E-state index contributed by atoms with van der Waals surface area (Å²) in [6.07, 6.45) is 2.84. The molecule has 2 heterocycles. The molecule has 0 amide bonds. The van der Waals surface area contributed by atoms with Gasteiger partial charge in [0, 0.05) is 25.1 Å². The number of ether oxygens (including phenoxy) is 2. The molecule has 0 spiro atoms. The van der Waals surface area contributed by atoms with Gasteiger partial charge in [-0.2, -0.15) is 0 Å². The minimum atomic E-state index is 0.709. The monoisotopic (exact) mass is 615 g/mol. The third-order valence-corrected chi connectivity index (χ3v) is 8.48. The first-order valence-corrected chi connectivity index (χ1v) is 16.2. The van der Waals surface area contributed by atoms with Crippen LogP contribution in [0.15, 0.2) is 77.8 Å². The number of aryl methyl sites for hydroxylation is 2. The zero-order chi connectivity index (χ0) is 32.2. The molecule has 0 saturated heterocycles. The lowest BCUT2D eigenvalue weighted by molar-refractivity contribution is 0.280. The molecule has 7 heteroatoms. The molecular weight excluding hydrogens is 570 g/mol. The van der Waals surface area contributed by atoms with E-state index in [0.29, 0.717) is 6.61 Å². The van der Waals surface area contributed by atoms with Crippen LogP contribution in [0.3, 0.4) is 0 Å². The first-order chi connectivity index (χ1) is 22.2. The Morgan fingerprint density at radius 1 is 0.674 bits per heavy atom. The SMILES string of the molecule is Cc1cc(C2=Nc3cc(-c4ccc5nc(-c6ccc(OCCCN(C)C)c(C)c6)[nH]c5c4)ccc3C2)ccc1OCCCN(C)C. The van der Waals surface area contributed by atoms with Crippen LogP contribution in [0.2, 0.25) is 0 Å². The second-order valence-electron chi connectivity index (χ2n) is 12.9. The molecule has 6 rings (SSSR count). The van der Waals surface area contributed by atoms with Gasteiger partial charge in [0.25, 0.3) is 0 Å². The lowest BCUT2D eigenvalue weighted by Gasteiger charge is -2.12. The van der Waals surface area contributed by atoms with Crippen LogP contribution in [0.5, 0.6) is 11.5 Å². The van der Waals surface area contributed by atoms with E-state index in [2.05, 4.69) is 130 Å². The number of hydrogen-bond acceptors (Lipinski definition) is 6. The van der Waals surface area contributed by atoms with Gasteiger partial charge in [0.1, 0.15) is 17.3 Å². The van der Waals surface area contributed by atoms with Crippen molar-refractivity contribution in [3.8, 4) is 34.0 Å². The molecule has 0 aliphatic carbocycles. The van der Waals surface area contributed by atoms with Gasteiger partial charge >= 0.3 is 0 Å². The molecule has 0 bridgehead atoms. The summed E-state index contributed by atoms with van der Waals surface area (Å²) in [7, 11) is 8.34. The fourth-order valence-electron chi connectivity index (χ4n) is 5.93. The molecule has 238 valence electrons. The first kappa shape index (κ1) is 31.5. The van der Waals surface area contributed by atoms with Crippen LogP contribution < -0.4 is 9.47 Å². The van der Waals surface area contributed by atoms with Gasteiger partial charge in [0.2, 0.25) is 0 Å². The maximum atomic E-state index is 6.04. The Bertz CT molecular complexity index is 1870. The van der Waals surface area contributed by atoms with Gasteiger partial charge in [0.05, 0.1) is 35.6 Å². The van der Waals surface area contributed by atoms with Gasteiger partial charge in [-0.05, 0) is 143 Å². The number of H-pyrrole nitrogens is 1. The number of nitrogens with zero attached hydrogens (tertiary/aromatic N) is 4. The van der Waals surface area contributed by atoms with E-state index >= 15 is 0 Å². The Kier molecular flexibility index (Phi) is 9.52. The quantitative estimate of drug-likeness (QED) is 0.137. The van der Waals surface area contributed by atoms with Crippen LogP contribution >= 0.6 is 0 Å². The van der Waals surface area contributed by atoms with Crippen molar-refractivity contribution in [2.24, 2.45) is 4.99 Å². The summed E-state index contributed by atoms with van der Waals surface area (Å²) in [5.74, 6) is 2.74. The lowest BCUT2D eigenvalue weighted by Crippen LogP contribution is -2.15. The van der Waals surface area contributed by atoms with Crippen LogP contribution in [-0.4, -0.2) is 80.0 Å². The minimum absolute atomic E-state index is 0.709. The molecule has 5 aromatic rings. The molecule has 0 unspecified atom stereocenters. The van der Waals surface area contributed by atoms with E-state index in [1.54, 1.807) is 0 Å². The number of nitrogens with one attached hydrogen (secondary N) is 1. The fourth-order valence-corrected chi connectivity index (χ4v) is 5.93. The summed E-state index contributed by atoms with van der Waals surface area (Å²) in [6.45, 7) is 7.67. The van der Waals surface area contributed by atoms with Gasteiger partial charge in [-0.15, -0.1) is 0 Å². The van der Waals surface area contributed by atoms with Gasteiger partial charge in [0.15, 0.2) is 0 Å². The zero-order valence-corrected chi connectivity index (χ0v) is 28.0. The Balaban J connectivity index is 1.15. The van der Waals surface area contributed by atoms with Crippen molar-refractivity contribution in [1.82, 2.24) is 19.8 Å². The molecule has 1 aromatic heterocycles. The Morgan fingerprint density at radius 3 is 1.91 bits per heavy atom. The molecule has 0 atom stereocenters. The van der Waals surface area contributed by atoms with Crippen molar-refractivity contribution in [1.29, 1.82) is 0 Å². The summed E-state index contributed by atoms with van der Waals surface area (Å²) in [4.78, 5) is 17.9. The highest BCUT2D eigenvalue weighted by Crippen LogP contribution is 2.35. The van der Waals surface area contributed by atoms with Gasteiger partial charge < -0.3 is 24.3 Å². The van der Waals surface area contributed by atoms with Gasteiger partial charge in [-0.3, -0.25) is 4.99 Å². The Labute approximate surface area is 272 Å². The molecule has 1 N–H and O–H groups in total. The Hall–Kier alpha value is -4.46. The van der Waals surface area contributed by atoms with Crippen molar-refractivity contribution >= 4 is 22.4 Å². The van der Waals surface area contributed by atoms with E-state index in [9.17, 15) is 0 Å². The van der Waals surface area contributed by atoms with Crippen molar-refractivity contribution < 1.29 is 9.47 Å². The third-order valence-electron chi connectivity index (χ3n) is 8.48. The maximum Gasteiger partial charge on any atom is 0.138 e. The van der Waals surface area contributed by atoms with E-state index in [-0.39, 0.29) is 0 Å². The standard InChI is InChI=1S/C39H45N5O2/c1-26-21-30(12-15-37(26)45-19-7-17-43(3)4)35-25-31-10-9-28(23-34(31)40-35)29-11-14-33-36(24-29)42-39(41-33)32-13-16-38(27(2)22-32)46-20-8-18-44(5)6/h9-16,21-24H,7-8,17-20,25H2,1-6H3,(H,41,42). The normalized spacial score (nSPS) is 12.7. The lowest BCUT2D eigenvalue weighted by atomic mass is 9.99. The van der Waals surface area contributed by atoms with E-state index in [4.69, 9.17) is 19.5 Å². The van der Waals surface area contributed by atoms with Crippen molar-refractivity contribution in [3.63, 3.8) is 0 Å². The second kappa shape index (κ2) is 13.9.